The van der Waals surface area contributed by atoms with Gasteiger partial charge in [-0.3, -0.25) is 4.79 Å². The van der Waals surface area contributed by atoms with Crippen molar-refractivity contribution in [3.63, 3.8) is 0 Å². The summed E-state index contributed by atoms with van der Waals surface area (Å²) in [5, 5.41) is 3.57. The Balaban J connectivity index is 1.72. The van der Waals surface area contributed by atoms with Gasteiger partial charge < -0.3 is 15.1 Å². The molecular weight excluding hydrogens is 286 g/mol. The van der Waals surface area contributed by atoms with E-state index in [9.17, 15) is 4.79 Å². The lowest BCUT2D eigenvalue weighted by molar-refractivity contribution is -0.131. The van der Waals surface area contributed by atoms with E-state index < -0.39 is 0 Å². The average molecular weight is 315 g/mol. The second-order valence-corrected chi connectivity index (χ2v) is 7.68. The number of rotatable bonds is 3. The van der Waals surface area contributed by atoms with Gasteiger partial charge in [0.15, 0.2) is 0 Å². The number of nitrogens with one attached hydrogen (secondary N) is 1. The maximum atomic E-state index is 12.8. The van der Waals surface area contributed by atoms with Gasteiger partial charge in [0.05, 0.1) is 17.9 Å². The van der Waals surface area contributed by atoms with E-state index in [1.165, 1.54) is 19.3 Å². The van der Waals surface area contributed by atoms with E-state index in [0.29, 0.717) is 12.6 Å². The molecule has 1 fully saturated rings. The lowest BCUT2D eigenvalue weighted by Gasteiger charge is -2.42. The molecule has 0 spiro atoms. The molecule has 1 aliphatic heterocycles. The Kier molecular flexibility index (Phi) is 4.51. The summed E-state index contributed by atoms with van der Waals surface area (Å²) in [6.45, 7) is 5.68. The summed E-state index contributed by atoms with van der Waals surface area (Å²) in [4.78, 5) is 17.0. The lowest BCUT2D eigenvalue weighted by Crippen LogP contribution is -2.52. The van der Waals surface area contributed by atoms with Gasteiger partial charge in [-0.05, 0) is 38.8 Å². The van der Waals surface area contributed by atoms with Crippen molar-refractivity contribution in [2.24, 2.45) is 0 Å². The Hall–Kier alpha value is -1.71. The first-order chi connectivity index (χ1) is 11.0. The highest BCUT2D eigenvalue weighted by atomic mass is 16.2. The zero-order valence-electron chi connectivity index (χ0n) is 14.6. The number of anilines is 2. The first-order valence-electron chi connectivity index (χ1n) is 8.84. The predicted octanol–water partition coefficient (Wildman–Crippen LogP) is 3.49. The van der Waals surface area contributed by atoms with Crippen LogP contribution in [-0.2, 0) is 4.79 Å². The van der Waals surface area contributed by atoms with E-state index in [1.54, 1.807) is 0 Å². The van der Waals surface area contributed by atoms with Crippen LogP contribution in [0.2, 0.25) is 0 Å². The van der Waals surface area contributed by atoms with Gasteiger partial charge in [-0.1, -0.05) is 31.4 Å². The molecule has 2 aliphatic rings. The molecule has 1 heterocycles. The summed E-state index contributed by atoms with van der Waals surface area (Å²) in [5.74, 6) is 0.240. The highest BCUT2D eigenvalue weighted by Gasteiger charge is 2.31. The Bertz CT molecular complexity index is 563. The molecule has 1 saturated carbocycles. The molecule has 126 valence electrons. The molecule has 1 amide bonds. The van der Waals surface area contributed by atoms with Crippen molar-refractivity contribution in [1.29, 1.82) is 0 Å². The minimum Gasteiger partial charge on any atom is -0.377 e. The molecule has 4 heteroatoms. The van der Waals surface area contributed by atoms with Crippen LogP contribution in [0.15, 0.2) is 24.3 Å². The third-order valence-corrected chi connectivity index (χ3v) is 5.15. The van der Waals surface area contributed by atoms with E-state index in [0.717, 1.165) is 30.8 Å². The molecule has 1 N–H and O–H groups in total. The third-order valence-electron chi connectivity index (χ3n) is 5.15. The summed E-state index contributed by atoms with van der Waals surface area (Å²) < 4.78 is 0. The first-order valence-corrected chi connectivity index (χ1v) is 8.84. The van der Waals surface area contributed by atoms with Crippen LogP contribution in [0.25, 0.3) is 0 Å². The van der Waals surface area contributed by atoms with Gasteiger partial charge >= 0.3 is 0 Å². The lowest BCUT2D eigenvalue weighted by atomic mass is 9.94. The van der Waals surface area contributed by atoms with Crippen LogP contribution in [0.5, 0.6) is 0 Å². The summed E-state index contributed by atoms with van der Waals surface area (Å²) in [6, 6.07) is 8.72. The molecule has 0 unspecified atom stereocenters. The number of likely N-dealkylation sites (N-methyl/N-ethyl adjacent to an activating group) is 1. The van der Waals surface area contributed by atoms with Crippen molar-refractivity contribution in [3.05, 3.63) is 24.3 Å². The molecule has 23 heavy (non-hydrogen) atoms. The van der Waals surface area contributed by atoms with Gasteiger partial charge in [0.2, 0.25) is 5.91 Å². The summed E-state index contributed by atoms with van der Waals surface area (Å²) in [7, 11) is 1.98. The van der Waals surface area contributed by atoms with Crippen LogP contribution >= 0.6 is 0 Å². The molecule has 0 aromatic heterocycles. The van der Waals surface area contributed by atoms with E-state index in [2.05, 4.69) is 36.2 Å². The standard InChI is InChI=1S/C19H29N3O/c1-19(2)14-22(17-12-8-7-11-16(17)20-19)13-18(23)21(3)15-9-5-4-6-10-15/h7-8,11-12,15,20H,4-6,9-10,13-14H2,1-3H3. The van der Waals surface area contributed by atoms with Gasteiger partial charge in [0, 0.05) is 25.2 Å². The van der Waals surface area contributed by atoms with Gasteiger partial charge in [-0.25, -0.2) is 0 Å². The Labute approximate surface area is 139 Å². The molecule has 1 aromatic rings. The number of fused-ring (bicyclic) bond motifs is 1. The molecule has 0 radical (unpaired) electrons. The topological polar surface area (TPSA) is 35.6 Å². The monoisotopic (exact) mass is 315 g/mol. The highest BCUT2D eigenvalue weighted by Crippen LogP contribution is 2.34. The highest BCUT2D eigenvalue weighted by molar-refractivity contribution is 5.84. The van der Waals surface area contributed by atoms with Crippen LogP contribution in [0, 0.1) is 0 Å². The van der Waals surface area contributed by atoms with Gasteiger partial charge in [-0.15, -0.1) is 0 Å². The number of amides is 1. The second-order valence-electron chi connectivity index (χ2n) is 7.68. The summed E-state index contributed by atoms with van der Waals surface area (Å²) >= 11 is 0. The maximum Gasteiger partial charge on any atom is 0.242 e. The zero-order chi connectivity index (χ0) is 16.4. The number of para-hydroxylation sites is 2. The number of carbonyl (C=O) groups excluding carboxylic acids is 1. The summed E-state index contributed by atoms with van der Waals surface area (Å²) in [5.41, 5.74) is 2.23. The molecule has 0 saturated heterocycles. The predicted molar refractivity (Wildman–Crippen MR) is 96.0 cm³/mol. The molecule has 1 aliphatic carbocycles. The van der Waals surface area contributed by atoms with E-state index in [1.807, 2.05) is 24.1 Å². The number of hydrogen-bond acceptors (Lipinski definition) is 3. The van der Waals surface area contributed by atoms with Crippen LogP contribution in [0.3, 0.4) is 0 Å². The molecule has 4 nitrogen and oxygen atoms in total. The fraction of sp³-hybridized carbons (Fsp3) is 0.632. The van der Waals surface area contributed by atoms with Crippen molar-refractivity contribution < 1.29 is 4.79 Å². The smallest absolute Gasteiger partial charge is 0.242 e. The van der Waals surface area contributed by atoms with E-state index in [4.69, 9.17) is 0 Å². The fourth-order valence-corrected chi connectivity index (χ4v) is 3.91. The quantitative estimate of drug-likeness (QED) is 0.927. The SMILES string of the molecule is CN(C(=O)CN1CC(C)(C)Nc2ccccc21)C1CCCCC1. The number of benzene rings is 1. The Morgan fingerprint density at radius 1 is 1.26 bits per heavy atom. The van der Waals surface area contributed by atoms with Crippen molar-refractivity contribution in [3.8, 4) is 0 Å². The molecule has 1 aromatic carbocycles. The largest absolute Gasteiger partial charge is 0.377 e. The van der Waals surface area contributed by atoms with Crippen molar-refractivity contribution in [2.75, 3.05) is 30.4 Å². The van der Waals surface area contributed by atoms with Crippen LogP contribution in [-0.4, -0.2) is 42.5 Å². The minimum atomic E-state index is -0.0297. The molecule has 3 rings (SSSR count). The zero-order valence-corrected chi connectivity index (χ0v) is 14.6. The second kappa shape index (κ2) is 6.42. The molecule has 0 bridgehead atoms. The van der Waals surface area contributed by atoms with Crippen LogP contribution in [0.4, 0.5) is 11.4 Å². The number of hydrogen-bond donors (Lipinski definition) is 1. The van der Waals surface area contributed by atoms with Gasteiger partial charge in [0.25, 0.3) is 0 Å². The van der Waals surface area contributed by atoms with E-state index >= 15 is 0 Å². The van der Waals surface area contributed by atoms with Crippen molar-refractivity contribution in [1.82, 2.24) is 4.90 Å². The Morgan fingerprint density at radius 3 is 2.70 bits per heavy atom. The van der Waals surface area contributed by atoms with E-state index in [-0.39, 0.29) is 11.4 Å². The fourth-order valence-electron chi connectivity index (χ4n) is 3.91. The molecule has 0 atom stereocenters. The van der Waals surface area contributed by atoms with Crippen LogP contribution < -0.4 is 10.2 Å². The minimum absolute atomic E-state index is 0.0297. The Morgan fingerprint density at radius 2 is 1.96 bits per heavy atom. The third kappa shape index (κ3) is 3.62. The van der Waals surface area contributed by atoms with Crippen LogP contribution in [0.1, 0.15) is 46.0 Å². The number of nitrogens with zero attached hydrogens (tertiary/aromatic N) is 2. The number of carbonyl (C=O) groups is 1. The van der Waals surface area contributed by atoms with Gasteiger partial charge in [0.1, 0.15) is 0 Å². The van der Waals surface area contributed by atoms with Gasteiger partial charge in [-0.2, -0.15) is 0 Å². The van der Waals surface area contributed by atoms with Crippen molar-refractivity contribution in [2.45, 2.75) is 57.5 Å². The summed E-state index contributed by atoms with van der Waals surface area (Å²) in [6.07, 6.45) is 6.15. The molecular formula is C19H29N3O. The first kappa shape index (κ1) is 16.2. The van der Waals surface area contributed by atoms with Crippen molar-refractivity contribution >= 4 is 17.3 Å². The normalized spacial score (nSPS) is 20.6. The average Bonchev–Trinajstić information content (AvgIpc) is 2.54. The maximum absolute atomic E-state index is 12.8.